The predicted molar refractivity (Wildman–Crippen MR) is 112 cm³/mol. The highest BCUT2D eigenvalue weighted by Crippen LogP contribution is 2.41. The highest BCUT2D eigenvalue weighted by molar-refractivity contribution is 7.91. The van der Waals surface area contributed by atoms with Crippen LogP contribution in [0.1, 0.15) is 61.0 Å². The summed E-state index contributed by atoms with van der Waals surface area (Å²) in [5, 5.41) is 13.1. The number of nitrogens with two attached hydrogens (primary N) is 1. The lowest BCUT2D eigenvalue weighted by Gasteiger charge is -2.15. The normalized spacial score (nSPS) is 21.6. The summed E-state index contributed by atoms with van der Waals surface area (Å²) >= 11 is 0. The third kappa shape index (κ3) is 3.27. The molecule has 0 spiro atoms. The van der Waals surface area contributed by atoms with Crippen LogP contribution in [0.3, 0.4) is 0 Å². The zero-order valence-electron chi connectivity index (χ0n) is 17.0. The monoisotopic (exact) mass is 430 g/mol. The zero-order valence-corrected chi connectivity index (χ0v) is 17.8. The van der Waals surface area contributed by atoms with Crippen molar-refractivity contribution in [3.8, 4) is 5.88 Å². The van der Waals surface area contributed by atoms with Gasteiger partial charge in [-0.05, 0) is 62.0 Å². The summed E-state index contributed by atoms with van der Waals surface area (Å²) in [6.07, 6.45) is 7.88. The molecule has 0 aromatic carbocycles. The molecule has 0 fully saturated rings. The van der Waals surface area contributed by atoms with E-state index in [1.165, 1.54) is 6.20 Å². The van der Waals surface area contributed by atoms with Crippen molar-refractivity contribution >= 4 is 21.6 Å². The van der Waals surface area contributed by atoms with Gasteiger partial charge in [0, 0.05) is 17.9 Å². The average Bonchev–Trinajstić information content (AvgIpc) is 3.38. The quantitative estimate of drug-likeness (QED) is 0.758. The van der Waals surface area contributed by atoms with E-state index in [9.17, 15) is 9.00 Å². The number of aromatic nitrogens is 3. The number of carbonyl (C=O) groups is 1. The molecule has 2 amide bonds. The Morgan fingerprint density at radius 2 is 2.17 bits per heavy atom. The number of hydrogen-bond acceptors (Lipinski definition) is 5. The van der Waals surface area contributed by atoms with Crippen molar-refractivity contribution in [1.82, 2.24) is 14.8 Å². The van der Waals surface area contributed by atoms with Crippen LogP contribution in [0.25, 0.3) is 0 Å². The standard InChI is InChI=1S/C20H26N6O3S/c1-12-7-8-14-17(12)23-15-6-4-5-13(15)18(14)24-20(27)25-30(21,28)16-11-22-26-9-2-3-10-29-19(16)26/h11-12H,2-10H2,1H3,(H3,21,23,24,25,27,28). The number of aryl methyl sites for hydroxylation is 2. The average molecular weight is 431 g/mol. The Labute approximate surface area is 175 Å². The van der Waals surface area contributed by atoms with Crippen molar-refractivity contribution in [2.24, 2.45) is 9.50 Å². The molecule has 2 aromatic heterocycles. The van der Waals surface area contributed by atoms with Crippen LogP contribution >= 0.6 is 0 Å². The third-order valence-corrected chi connectivity index (χ3v) is 7.53. The number of fused-ring (bicyclic) bond motifs is 3. The molecule has 0 radical (unpaired) electrons. The fourth-order valence-corrected chi connectivity index (χ4v) is 5.65. The first kappa shape index (κ1) is 19.5. The minimum atomic E-state index is -3.49. The topological polar surface area (TPSA) is 124 Å². The second-order valence-corrected chi connectivity index (χ2v) is 10.0. The molecule has 5 rings (SSSR count). The van der Waals surface area contributed by atoms with Crippen molar-refractivity contribution in [3.63, 3.8) is 0 Å². The van der Waals surface area contributed by atoms with Gasteiger partial charge in [0.05, 0.1) is 18.5 Å². The van der Waals surface area contributed by atoms with Crippen LogP contribution in [-0.2, 0) is 35.7 Å². The van der Waals surface area contributed by atoms with Crippen LogP contribution in [0, 0.1) is 0 Å². The van der Waals surface area contributed by atoms with Crippen LogP contribution in [0.5, 0.6) is 5.88 Å². The molecule has 0 saturated heterocycles. The first-order valence-electron chi connectivity index (χ1n) is 10.5. The third-order valence-electron chi connectivity index (χ3n) is 6.18. The Bertz CT molecular complexity index is 1150. The van der Waals surface area contributed by atoms with E-state index < -0.39 is 15.9 Å². The van der Waals surface area contributed by atoms with E-state index in [-0.39, 0.29) is 4.90 Å². The lowest BCUT2D eigenvalue weighted by atomic mass is 10.0. The molecule has 3 heterocycles. The van der Waals surface area contributed by atoms with E-state index in [1.54, 1.807) is 4.68 Å². The Morgan fingerprint density at radius 1 is 1.30 bits per heavy atom. The number of pyridine rings is 1. The number of rotatable bonds is 2. The van der Waals surface area contributed by atoms with Crippen molar-refractivity contribution < 1.29 is 13.7 Å². The van der Waals surface area contributed by atoms with E-state index in [2.05, 4.69) is 21.7 Å². The SMILES string of the molecule is CC1CCc2c1nc1c(c2NC(=O)N=S(N)(=O)c2cnn3c2OCCCC3)CCC1. The molecule has 160 valence electrons. The molecule has 3 N–H and O–H groups in total. The number of urea groups is 1. The molecule has 2 aromatic rings. The van der Waals surface area contributed by atoms with Gasteiger partial charge in [-0.15, -0.1) is 4.36 Å². The van der Waals surface area contributed by atoms with Crippen molar-refractivity contribution in [2.75, 3.05) is 11.9 Å². The Kier molecular flexibility index (Phi) is 4.78. The number of anilines is 1. The van der Waals surface area contributed by atoms with Crippen LogP contribution in [-0.4, -0.2) is 31.6 Å². The maximum absolute atomic E-state index is 13.2. The summed E-state index contributed by atoms with van der Waals surface area (Å²) in [5.74, 6) is 0.716. The summed E-state index contributed by atoms with van der Waals surface area (Å²) in [6, 6.07) is -0.710. The molecule has 10 heteroatoms. The number of carbonyl (C=O) groups excluding carboxylic acids is 1. The largest absolute Gasteiger partial charge is 0.477 e. The van der Waals surface area contributed by atoms with Crippen LogP contribution in [0.4, 0.5) is 10.5 Å². The van der Waals surface area contributed by atoms with Crippen LogP contribution in [0.15, 0.2) is 15.5 Å². The highest BCUT2D eigenvalue weighted by atomic mass is 32.2. The van der Waals surface area contributed by atoms with Crippen LogP contribution < -0.4 is 15.2 Å². The fraction of sp³-hybridized carbons (Fsp3) is 0.550. The zero-order chi connectivity index (χ0) is 20.9. The number of ether oxygens (including phenoxy) is 1. The predicted octanol–water partition coefficient (Wildman–Crippen LogP) is 2.92. The first-order chi connectivity index (χ1) is 14.4. The Hall–Kier alpha value is -2.46. The molecular weight excluding hydrogens is 404 g/mol. The molecule has 9 nitrogen and oxygen atoms in total. The lowest BCUT2D eigenvalue weighted by Crippen LogP contribution is -2.19. The smallest absolute Gasteiger partial charge is 0.354 e. The van der Waals surface area contributed by atoms with Gasteiger partial charge in [0.2, 0.25) is 5.88 Å². The van der Waals surface area contributed by atoms with Crippen molar-refractivity contribution in [2.45, 2.75) is 69.2 Å². The molecule has 2 unspecified atom stereocenters. The summed E-state index contributed by atoms with van der Waals surface area (Å²) in [4.78, 5) is 17.8. The summed E-state index contributed by atoms with van der Waals surface area (Å²) < 4.78 is 24.3. The maximum atomic E-state index is 13.2. The Morgan fingerprint density at radius 3 is 3.03 bits per heavy atom. The van der Waals surface area contributed by atoms with Crippen molar-refractivity contribution in [3.05, 3.63) is 28.7 Å². The van der Waals surface area contributed by atoms with E-state index in [1.807, 2.05) is 0 Å². The minimum Gasteiger partial charge on any atom is -0.477 e. The molecule has 0 saturated carbocycles. The van der Waals surface area contributed by atoms with Crippen LogP contribution in [0.2, 0.25) is 0 Å². The highest BCUT2D eigenvalue weighted by Gasteiger charge is 2.30. The Balaban J connectivity index is 1.49. The molecule has 3 aliphatic rings. The van der Waals surface area contributed by atoms with E-state index in [4.69, 9.17) is 14.9 Å². The minimum absolute atomic E-state index is 0.165. The maximum Gasteiger partial charge on any atom is 0.354 e. The summed E-state index contributed by atoms with van der Waals surface area (Å²) in [6.45, 7) is 3.31. The number of hydrogen-bond donors (Lipinski definition) is 2. The van der Waals surface area contributed by atoms with Gasteiger partial charge in [-0.25, -0.2) is 18.8 Å². The number of nitrogens with zero attached hydrogens (tertiary/aromatic N) is 4. The molecule has 1 aliphatic heterocycles. The van der Waals surface area contributed by atoms with Gasteiger partial charge in [-0.1, -0.05) is 6.92 Å². The van der Waals surface area contributed by atoms with Crippen molar-refractivity contribution in [1.29, 1.82) is 0 Å². The molecule has 0 bridgehead atoms. The number of amides is 2. The molecule has 2 atom stereocenters. The molecule has 2 aliphatic carbocycles. The van der Waals surface area contributed by atoms with E-state index in [0.717, 1.165) is 73.1 Å². The van der Waals surface area contributed by atoms with Gasteiger partial charge >= 0.3 is 6.03 Å². The second-order valence-electron chi connectivity index (χ2n) is 8.25. The first-order valence-corrected chi connectivity index (χ1v) is 12.1. The summed E-state index contributed by atoms with van der Waals surface area (Å²) in [7, 11) is -3.49. The second kappa shape index (κ2) is 7.35. The molecular formula is C20H26N6O3S. The van der Waals surface area contributed by atoms with Gasteiger partial charge in [0.25, 0.3) is 0 Å². The van der Waals surface area contributed by atoms with Gasteiger partial charge < -0.3 is 10.1 Å². The molecule has 30 heavy (non-hydrogen) atoms. The number of nitrogens with one attached hydrogen (secondary N) is 1. The van der Waals surface area contributed by atoms with Gasteiger partial charge in [-0.3, -0.25) is 4.98 Å². The lowest BCUT2D eigenvalue weighted by molar-refractivity contribution is 0.260. The van der Waals surface area contributed by atoms with Gasteiger partial charge in [0.1, 0.15) is 4.90 Å². The van der Waals surface area contributed by atoms with E-state index in [0.29, 0.717) is 24.9 Å². The summed E-state index contributed by atoms with van der Waals surface area (Å²) in [5.41, 5.74) is 5.08. The van der Waals surface area contributed by atoms with E-state index >= 15 is 0 Å². The van der Waals surface area contributed by atoms with Gasteiger partial charge in [0.15, 0.2) is 9.92 Å². The fourth-order valence-electron chi connectivity index (χ4n) is 4.65. The van der Waals surface area contributed by atoms with Gasteiger partial charge in [-0.2, -0.15) is 5.10 Å².